The number of hydrogen-bond donors (Lipinski definition) is 1. The van der Waals surface area contributed by atoms with Gasteiger partial charge in [0.2, 0.25) is 0 Å². The summed E-state index contributed by atoms with van der Waals surface area (Å²) in [4.78, 5) is 0. The number of methoxy groups -OCH3 is 1. The Hall–Kier alpha value is -1.66. The summed E-state index contributed by atoms with van der Waals surface area (Å²) in [7, 11) is 1.61. The molecule has 86 valence electrons. The molecule has 3 heteroatoms. The summed E-state index contributed by atoms with van der Waals surface area (Å²) in [6, 6.07) is 5.65. The number of benzene rings is 1. The Morgan fingerprint density at radius 1 is 1.44 bits per heavy atom. The van der Waals surface area contributed by atoms with Gasteiger partial charge in [0.1, 0.15) is 0 Å². The van der Waals surface area contributed by atoms with Gasteiger partial charge in [-0.05, 0) is 24.6 Å². The molecule has 0 heterocycles. The van der Waals surface area contributed by atoms with Crippen LogP contribution in [0.2, 0.25) is 0 Å². The van der Waals surface area contributed by atoms with Crippen molar-refractivity contribution in [3.05, 3.63) is 23.8 Å². The summed E-state index contributed by atoms with van der Waals surface area (Å²) in [6.07, 6.45) is 5.73. The first-order chi connectivity index (χ1) is 7.69. The molecule has 2 N–H and O–H groups in total. The number of ether oxygens (including phenoxy) is 2. The Morgan fingerprint density at radius 2 is 2.19 bits per heavy atom. The van der Waals surface area contributed by atoms with Crippen LogP contribution in [0.25, 0.3) is 0 Å². The highest BCUT2D eigenvalue weighted by Gasteiger charge is 2.07. The van der Waals surface area contributed by atoms with Crippen LogP contribution in [0, 0.1) is 12.3 Å². The molecule has 16 heavy (non-hydrogen) atoms. The highest BCUT2D eigenvalue weighted by atomic mass is 16.5. The zero-order valence-electron chi connectivity index (χ0n) is 9.69. The van der Waals surface area contributed by atoms with Gasteiger partial charge in [-0.3, -0.25) is 0 Å². The molecule has 0 bridgehead atoms. The fourth-order valence-electron chi connectivity index (χ4n) is 1.31. The highest BCUT2D eigenvalue weighted by molar-refractivity contribution is 5.43. The maximum Gasteiger partial charge on any atom is 0.161 e. The molecule has 0 aliphatic carbocycles. The molecular formula is C13H17NO2. The molecule has 1 aromatic rings. The molecule has 0 saturated carbocycles. The van der Waals surface area contributed by atoms with Crippen molar-refractivity contribution >= 4 is 0 Å². The van der Waals surface area contributed by atoms with Gasteiger partial charge in [0.15, 0.2) is 11.5 Å². The van der Waals surface area contributed by atoms with Crippen LogP contribution in [0.4, 0.5) is 0 Å². The van der Waals surface area contributed by atoms with E-state index in [1.54, 1.807) is 7.11 Å². The molecular weight excluding hydrogens is 202 g/mol. The monoisotopic (exact) mass is 219 g/mol. The Balaban J connectivity index is 2.81. The second-order valence-corrected chi connectivity index (χ2v) is 3.50. The molecule has 0 radical (unpaired) electrons. The molecule has 1 atom stereocenters. The van der Waals surface area contributed by atoms with E-state index in [9.17, 15) is 0 Å². The normalized spacial score (nSPS) is 11.6. The van der Waals surface area contributed by atoms with Crippen LogP contribution in [0.5, 0.6) is 11.5 Å². The van der Waals surface area contributed by atoms with Gasteiger partial charge in [-0.25, -0.2) is 0 Å². The van der Waals surface area contributed by atoms with Crippen LogP contribution >= 0.6 is 0 Å². The van der Waals surface area contributed by atoms with Gasteiger partial charge in [0.05, 0.1) is 13.7 Å². The molecule has 0 aromatic heterocycles. The Labute approximate surface area is 96.6 Å². The standard InChI is InChI=1S/C13H17NO2/c1-4-5-8-16-12-7-6-11(10(2)14)9-13(12)15-3/h1,6-7,9-10H,5,8,14H2,2-3H3/t10-/m1/s1. The third-order valence-corrected chi connectivity index (χ3v) is 2.22. The molecule has 3 nitrogen and oxygen atoms in total. The lowest BCUT2D eigenvalue weighted by molar-refractivity contribution is 0.301. The zero-order chi connectivity index (χ0) is 12.0. The predicted molar refractivity (Wildman–Crippen MR) is 64.5 cm³/mol. The number of rotatable bonds is 5. The Bertz CT molecular complexity index is 380. The molecule has 0 saturated heterocycles. The van der Waals surface area contributed by atoms with Crippen LogP contribution in [0.3, 0.4) is 0 Å². The number of hydrogen-bond acceptors (Lipinski definition) is 3. The summed E-state index contributed by atoms with van der Waals surface area (Å²) >= 11 is 0. The van der Waals surface area contributed by atoms with Gasteiger partial charge >= 0.3 is 0 Å². The second kappa shape index (κ2) is 6.04. The fourth-order valence-corrected chi connectivity index (χ4v) is 1.31. The first kappa shape index (κ1) is 12.4. The smallest absolute Gasteiger partial charge is 0.161 e. The predicted octanol–water partition coefficient (Wildman–Crippen LogP) is 2.12. The van der Waals surface area contributed by atoms with E-state index < -0.39 is 0 Å². The Kier molecular flexibility index (Phi) is 4.68. The zero-order valence-corrected chi connectivity index (χ0v) is 9.69. The second-order valence-electron chi connectivity index (χ2n) is 3.50. The van der Waals surface area contributed by atoms with E-state index in [-0.39, 0.29) is 6.04 Å². The van der Waals surface area contributed by atoms with E-state index in [1.165, 1.54) is 0 Å². The minimum Gasteiger partial charge on any atom is -0.493 e. The average Bonchev–Trinajstić information content (AvgIpc) is 2.29. The third-order valence-electron chi connectivity index (χ3n) is 2.22. The van der Waals surface area contributed by atoms with Crippen LogP contribution in [-0.4, -0.2) is 13.7 Å². The van der Waals surface area contributed by atoms with E-state index in [2.05, 4.69) is 5.92 Å². The lowest BCUT2D eigenvalue weighted by Gasteiger charge is -2.12. The SMILES string of the molecule is C#CCCOc1ccc([C@@H](C)N)cc1OC. The van der Waals surface area contributed by atoms with E-state index in [4.69, 9.17) is 21.6 Å². The highest BCUT2D eigenvalue weighted by Crippen LogP contribution is 2.29. The van der Waals surface area contributed by atoms with Crippen LogP contribution in [-0.2, 0) is 0 Å². The van der Waals surface area contributed by atoms with Gasteiger partial charge in [-0.1, -0.05) is 6.07 Å². The summed E-state index contributed by atoms with van der Waals surface area (Å²) in [5, 5.41) is 0. The van der Waals surface area contributed by atoms with Crippen molar-refractivity contribution < 1.29 is 9.47 Å². The summed E-state index contributed by atoms with van der Waals surface area (Å²) in [5.74, 6) is 3.90. The van der Waals surface area contributed by atoms with E-state index >= 15 is 0 Å². The molecule has 0 spiro atoms. The topological polar surface area (TPSA) is 44.5 Å². The van der Waals surface area contributed by atoms with E-state index in [0.29, 0.717) is 24.5 Å². The largest absolute Gasteiger partial charge is 0.493 e. The van der Waals surface area contributed by atoms with Crippen molar-refractivity contribution in [3.63, 3.8) is 0 Å². The van der Waals surface area contributed by atoms with E-state index in [0.717, 1.165) is 5.56 Å². The lowest BCUT2D eigenvalue weighted by atomic mass is 10.1. The van der Waals surface area contributed by atoms with Gasteiger partial charge in [0, 0.05) is 12.5 Å². The molecule has 1 aromatic carbocycles. The summed E-state index contributed by atoms with van der Waals surface area (Å²) in [6.45, 7) is 2.41. The molecule has 0 aliphatic rings. The van der Waals surface area contributed by atoms with Crippen molar-refractivity contribution in [1.82, 2.24) is 0 Å². The first-order valence-electron chi connectivity index (χ1n) is 5.18. The fraction of sp³-hybridized carbons (Fsp3) is 0.385. The van der Waals surface area contributed by atoms with E-state index in [1.807, 2.05) is 25.1 Å². The molecule has 0 amide bonds. The van der Waals surface area contributed by atoms with Gasteiger partial charge < -0.3 is 15.2 Å². The molecule has 0 aliphatic heterocycles. The lowest BCUT2D eigenvalue weighted by Crippen LogP contribution is -2.06. The van der Waals surface area contributed by atoms with Crippen molar-refractivity contribution in [2.24, 2.45) is 5.73 Å². The minimum absolute atomic E-state index is 0.0198. The van der Waals surface area contributed by atoms with Crippen LogP contribution in [0.15, 0.2) is 18.2 Å². The van der Waals surface area contributed by atoms with Gasteiger partial charge in [-0.2, -0.15) is 0 Å². The number of terminal acetylenes is 1. The molecule has 0 fully saturated rings. The minimum atomic E-state index is -0.0198. The Morgan fingerprint density at radius 3 is 2.75 bits per heavy atom. The van der Waals surface area contributed by atoms with Crippen LogP contribution in [0.1, 0.15) is 24.9 Å². The maximum atomic E-state index is 5.79. The molecule has 0 unspecified atom stereocenters. The van der Waals surface area contributed by atoms with Crippen LogP contribution < -0.4 is 15.2 Å². The molecule has 1 rings (SSSR count). The first-order valence-corrected chi connectivity index (χ1v) is 5.18. The van der Waals surface area contributed by atoms with Crippen molar-refractivity contribution in [2.75, 3.05) is 13.7 Å². The van der Waals surface area contributed by atoms with Gasteiger partial charge in [0.25, 0.3) is 0 Å². The van der Waals surface area contributed by atoms with Gasteiger partial charge in [-0.15, -0.1) is 12.3 Å². The van der Waals surface area contributed by atoms with Crippen molar-refractivity contribution in [1.29, 1.82) is 0 Å². The quantitative estimate of drug-likeness (QED) is 0.609. The number of nitrogens with two attached hydrogens (primary N) is 1. The maximum absolute atomic E-state index is 5.79. The van der Waals surface area contributed by atoms with Crippen molar-refractivity contribution in [2.45, 2.75) is 19.4 Å². The third kappa shape index (κ3) is 3.18. The average molecular weight is 219 g/mol. The van der Waals surface area contributed by atoms with Crippen molar-refractivity contribution in [3.8, 4) is 23.8 Å². The summed E-state index contributed by atoms with van der Waals surface area (Å²) < 4.78 is 10.7. The summed E-state index contributed by atoms with van der Waals surface area (Å²) in [5.41, 5.74) is 6.80.